The molecule has 1 N–H and O–H groups in total. The topological polar surface area (TPSA) is 71.0 Å². The Morgan fingerprint density at radius 1 is 1.31 bits per heavy atom. The van der Waals surface area contributed by atoms with Gasteiger partial charge in [-0.05, 0) is 25.5 Å². The van der Waals surface area contributed by atoms with Crippen LogP contribution in [0.4, 0.5) is 5.13 Å². The van der Waals surface area contributed by atoms with Crippen LogP contribution in [-0.2, 0) is 4.79 Å². The van der Waals surface area contributed by atoms with Gasteiger partial charge in [0, 0.05) is 13.6 Å². The second-order valence-electron chi connectivity index (χ2n) is 5.79. The van der Waals surface area contributed by atoms with Gasteiger partial charge in [-0.3, -0.25) is 4.79 Å². The fourth-order valence-electron chi connectivity index (χ4n) is 2.25. The molecule has 0 unspecified atom stereocenters. The average molecular weight is 408 g/mol. The van der Waals surface area contributed by atoms with Crippen LogP contribution in [-0.4, -0.2) is 45.3 Å². The van der Waals surface area contributed by atoms with Crippen molar-refractivity contribution in [2.75, 3.05) is 24.7 Å². The van der Waals surface area contributed by atoms with Crippen LogP contribution >= 0.6 is 34.4 Å². The molecule has 138 valence electrons. The second-order valence-corrected chi connectivity index (χ2v) is 9.05. The average Bonchev–Trinajstić information content (AvgIpc) is 3.29. The van der Waals surface area contributed by atoms with Crippen LogP contribution in [0, 0.1) is 0 Å². The van der Waals surface area contributed by atoms with Gasteiger partial charge in [0.2, 0.25) is 11.0 Å². The number of carbonyl (C=O) groups is 1. The van der Waals surface area contributed by atoms with E-state index in [0.29, 0.717) is 5.75 Å². The smallest absolute Gasteiger partial charge is 0.233 e. The first-order valence-corrected chi connectivity index (χ1v) is 11.0. The lowest BCUT2D eigenvalue weighted by Crippen LogP contribution is -2.31. The summed E-state index contributed by atoms with van der Waals surface area (Å²) >= 11 is 4.54. The van der Waals surface area contributed by atoms with E-state index in [0.717, 1.165) is 37.7 Å². The molecule has 0 aliphatic heterocycles. The van der Waals surface area contributed by atoms with Crippen molar-refractivity contribution in [2.24, 2.45) is 0 Å². The van der Waals surface area contributed by atoms with Gasteiger partial charge in [-0.2, -0.15) is 0 Å². The van der Waals surface area contributed by atoms with Gasteiger partial charge in [0.15, 0.2) is 4.34 Å². The summed E-state index contributed by atoms with van der Waals surface area (Å²) < 4.78 is 1.95. The van der Waals surface area contributed by atoms with Gasteiger partial charge in [-0.15, -0.1) is 21.5 Å². The summed E-state index contributed by atoms with van der Waals surface area (Å²) in [7, 11) is 1.83. The minimum absolute atomic E-state index is 0.0556. The predicted molar refractivity (Wildman–Crippen MR) is 110 cm³/mol. The highest BCUT2D eigenvalue weighted by atomic mass is 32.2. The lowest BCUT2D eigenvalue weighted by atomic mass is 10.3. The summed E-state index contributed by atoms with van der Waals surface area (Å²) in [6.07, 6.45) is 1.04. The van der Waals surface area contributed by atoms with Crippen LogP contribution in [0.15, 0.2) is 28.6 Å². The quantitative estimate of drug-likeness (QED) is 0.562. The number of amides is 1. The van der Waals surface area contributed by atoms with E-state index in [1.165, 1.54) is 23.1 Å². The zero-order valence-electron chi connectivity index (χ0n) is 14.9. The molecule has 0 fully saturated rings. The zero-order valence-corrected chi connectivity index (χ0v) is 17.4. The van der Waals surface area contributed by atoms with Gasteiger partial charge in [0.05, 0.1) is 22.0 Å². The molecule has 0 radical (unpaired) electrons. The third-order valence-electron chi connectivity index (χ3n) is 3.89. The molecule has 2 aromatic heterocycles. The van der Waals surface area contributed by atoms with E-state index in [-0.39, 0.29) is 11.9 Å². The molecule has 0 saturated heterocycles. The lowest BCUT2D eigenvalue weighted by Gasteiger charge is -2.22. The van der Waals surface area contributed by atoms with Crippen LogP contribution in [0.3, 0.4) is 0 Å². The molecule has 1 aromatic carbocycles. The molecule has 3 aromatic rings. The molecule has 9 heteroatoms. The van der Waals surface area contributed by atoms with E-state index < -0.39 is 0 Å². The third-order valence-corrected chi connectivity index (χ3v) is 7.10. The largest absolute Gasteiger partial charge is 0.360 e. The fraction of sp³-hybridized carbons (Fsp3) is 0.412. The molecular weight excluding hydrogens is 386 g/mol. The Bertz CT molecular complexity index is 845. The first kappa shape index (κ1) is 19.1. The normalized spacial score (nSPS) is 12.3. The van der Waals surface area contributed by atoms with E-state index >= 15 is 0 Å². The number of para-hydroxylation sites is 1. The summed E-state index contributed by atoms with van der Waals surface area (Å²) in [5, 5.41) is 13.2. The van der Waals surface area contributed by atoms with Gasteiger partial charge in [-0.1, -0.05) is 42.2 Å². The Hall–Kier alpha value is -1.71. The molecule has 0 bridgehead atoms. The van der Waals surface area contributed by atoms with Crippen molar-refractivity contribution in [2.45, 2.75) is 30.6 Å². The van der Waals surface area contributed by atoms with Crippen LogP contribution in [0.25, 0.3) is 10.2 Å². The number of aromatic nitrogens is 3. The summed E-state index contributed by atoms with van der Waals surface area (Å²) in [5.74, 6) is 0.397. The van der Waals surface area contributed by atoms with Gasteiger partial charge in [0.25, 0.3) is 0 Å². The van der Waals surface area contributed by atoms with Crippen molar-refractivity contribution in [3.05, 3.63) is 29.3 Å². The molecule has 26 heavy (non-hydrogen) atoms. The van der Waals surface area contributed by atoms with Crippen molar-refractivity contribution < 1.29 is 4.79 Å². The number of carbonyl (C=O) groups excluding carboxylic acids is 1. The molecule has 1 atom stereocenters. The summed E-state index contributed by atoms with van der Waals surface area (Å²) in [4.78, 5) is 19.0. The Labute approximate surface area is 165 Å². The monoisotopic (exact) mass is 407 g/mol. The molecule has 0 spiro atoms. The van der Waals surface area contributed by atoms with E-state index in [1.807, 2.05) is 32.2 Å². The van der Waals surface area contributed by atoms with E-state index in [2.05, 4.69) is 33.5 Å². The number of nitrogens with one attached hydrogen (secondary N) is 1. The molecule has 2 heterocycles. The highest BCUT2D eigenvalue weighted by Gasteiger charge is 2.21. The minimum Gasteiger partial charge on any atom is -0.360 e. The van der Waals surface area contributed by atoms with Crippen LogP contribution < -0.4 is 5.32 Å². The second kappa shape index (κ2) is 8.79. The number of thioether (sulfide) groups is 1. The van der Waals surface area contributed by atoms with E-state index in [1.54, 1.807) is 16.2 Å². The number of hydrogen-bond acceptors (Lipinski definition) is 8. The molecule has 3 rings (SSSR count). The Kier molecular flexibility index (Phi) is 6.44. The molecule has 6 nitrogen and oxygen atoms in total. The van der Waals surface area contributed by atoms with Crippen LogP contribution in [0.2, 0.25) is 0 Å². The SMILES string of the molecule is CCCNc1nnc(SCC(=O)N(C)[C@@H](C)c2nc3ccccc3s2)s1. The number of anilines is 1. The maximum absolute atomic E-state index is 12.5. The van der Waals surface area contributed by atoms with Crippen molar-refractivity contribution in [1.82, 2.24) is 20.1 Å². The van der Waals surface area contributed by atoms with Crippen molar-refractivity contribution in [1.29, 1.82) is 0 Å². The maximum Gasteiger partial charge on any atom is 0.233 e. The Morgan fingerprint density at radius 3 is 2.88 bits per heavy atom. The highest BCUT2D eigenvalue weighted by Crippen LogP contribution is 2.30. The van der Waals surface area contributed by atoms with Crippen molar-refractivity contribution in [3.8, 4) is 0 Å². The van der Waals surface area contributed by atoms with E-state index in [4.69, 9.17) is 0 Å². The molecule has 0 aliphatic rings. The third kappa shape index (κ3) is 4.52. The molecule has 1 amide bonds. The van der Waals surface area contributed by atoms with Gasteiger partial charge >= 0.3 is 0 Å². The number of hydrogen-bond donors (Lipinski definition) is 1. The zero-order chi connectivity index (χ0) is 18.5. The number of nitrogens with zero attached hydrogens (tertiary/aromatic N) is 4. The molecular formula is C17H21N5OS3. The van der Waals surface area contributed by atoms with Gasteiger partial charge in [0.1, 0.15) is 5.01 Å². The van der Waals surface area contributed by atoms with Crippen molar-refractivity contribution >= 4 is 55.7 Å². The Balaban J connectivity index is 1.57. The standard InChI is InChI=1S/C17H21N5OS3/c1-4-9-18-16-20-21-17(26-16)24-10-14(23)22(3)11(2)15-19-12-7-5-6-8-13(12)25-15/h5-8,11H,4,9-10H2,1-3H3,(H,18,20)/t11-/m0/s1. The summed E-state index contributed by atoms with van der Waals surface area (Å²) in [5.41, 5.74) is 0.982. The van der Waals surface area contributed by atoms with Crippen LogP contribution in [0.5, 0.6) is 0 Å². The first-order chi connectivity index (χ1) is 12.6. The summed E-state index contributed by atoms with van der Waals surface area (Å²) in [6, 6.07) is 7.98. The molecule has 0 aliphatic carbocycles. The minimum atomic E-state index is -0.0586. The van der Waals surface area contributed by atoms with Gasteiger partial charge in [-0.25, -0.2) is 4.98 Å². The fourth-order valence-corrected chi connectivity index (χ4v) is 5.01. The number of rotatable bonds is 8. The Morgan fingerprint density at radius 2 is 2.12 bits per heavy atom. The predicted octanol–water partition coefficient (Wildman–Crippen LogP) is 4.28. The highest BCUT2D eigenvalue weighted by molar-refractivity contribution is 8.01. The number of fused-ring (bicyclic) bond motifs is 1. The summed E-state index contributed by atoms with van der Waals surface area (Å²) in [6.45, 7) is 4.99. The first-order valence-electron chi connectivity index (χ1n) is 8.39. The molecule has 0 saturated carbocycles. The van der Waals surface area contributed by atoms with Gasteiger partial charge < -0.3 is 10.2 Å². The number of benzene rings is 1. The lowest BCUT2D eigenvalue weighted by molar-refractivity contribution is -0.128. The van der Waals surface area contributed by atoms with Crippen molar-refractivity contribution in [3.63, 3.8) is 0 Å². The maximum atomic E-state index is 12.5. The van der Waals surface area contributed by atoms with Crippen LogP contribution in [0.1, 0.15) is 31.3 Å². The number of thiazole rings is 1. The van der Waals surface area contributed by atoms with E-state index in [9.17, 15) is 4.79 Å².